The topological polar surface area (TPSA) is 65.0 Å². The van der Waals surface area contributed by atoms with Crippen LogP contribution in [0.2, 0.25) is 0 Å². The van der Waals surface area contributed by atoms with E-state index in [1.54, 1.807) is 0 Å². The lowest BCUT2D eigenvalue weighted by Gasteiger charge is -2.14. The third-order valence-electron chi connectivity index (χ3n) is 7.03. The first-order valence-corrected chi connectivity index (χ1v) is 14.3. The van der Waals surface area contributed by atoms with Gasteiger partial charge in [-0.05, 0) is 89.3 Å². The molecule has 1 atom stereocenters. The smallest absolute Gasteiger partial charge is 0.304 e. The van der Waals surface area contributed by atoms with E-state index in [4.69, 9.17) is 19.3 Å². The second kappa shape index (κ2) is 12.0. The summed E-state index contributed by atoms with van der Waals surface area (Å²) in [5, 5.41) is 9.11. The van der Waals surface area contributed by atoms with Crippen LogP contribution in [-0.2, 0) is 24.2 Å². The molecule has 0 spiro atoms. The van der Waals surface area contributed by atoms with Crippen molar-refractivity contribution in [3.63, 3.8) is 0 Å². The summed E-state index contributed by atoms with van der Waals surface area (Å²) >= 11 is 1.96. The summed E-state index contributed by atoms with van der Waals surface area (Å²) in [4.78, 5) is 11.1. The predicted octanol–water partition coefficient (Wildman–Crippen LogP) is 6.89. The van der Waals surface area contributed by atoms with Crippen LogP contribution >= 0.6 is 11.8 Å². The van der Waals surface area contributed by atoms with Crippen LogP contribution in [0.5, 0.6) is 17.2 Å². The molecular weight excluding hydrogens is 484 g/mol. The highest BCUT2D eigenvalue weighted by atomic mass is 32.2. The minimum absolute atomic E-state index is 0.0789. The Hall–Kier alpha value is -3.12. The zero-order valence-electron chi connectivity index (χ0n) is 21.3. The van der Waals surface area contributed by atoms with Gasteiger partial charge in [0.1, 0.15) is 23.9 Å². The van der Waals surface area contributed by atoms with Gasteiger partial charge in [-0.1, -0.05) is 31.2 Å². The van der Waals surface area contributed by atoms with E-state index in [0.717, 1.165) is 72.2 Å². The van der Waals surface area contributed by atoms with Gasteiger partial charge in [0.25, 0.3) is 0 Å². The Kier molecular flexibility index (Phi) is 8.24. The van der Waals surface area contributed by atoms with Gasteiger partial charge in [0.2, 0.25) is 0 Å². The second-order valence-electron chi connectivity index (χ2n) is 9.66. The molecule has 1 aliphatic heterocycles. The number of carboxylic acids is 1. The molecule has 6 heteroatoms. The third-order valence-corrected chi connectivity index (χ3v) is 8.02. The number of fused-ring (bicyclic) bond motifs is 4. The highest BCUT2D eigenvalue weighted by Gasteiger charge is 2.26. The number of aryl methyl sites for hydroxylation is 2. The van der Waals surface area contributed by atoms with Crippen LogP contribution in [0.4, 0.5) is 0 Å². The van der Waals surface area contributed by atoms with E-state index in [0.29, 0.717) is 13.2 Å². The molecule has 0 radical (unpaired) electrons. The number of benzene rings is 3. The van der Waals surface area contributed by atoms with Crippen LogP contribution < -0.4 is 14.2 Å². The van der Waals surface area contributed by atoms with Crippen molar-refractivity contribution in [1.29, 1.82) is 0 Å². The number of carboxylic acid groups (broad SMARTS) is 1. The van der Waals surface area contributed by atoms with Gasteiger partial charge < -0.3 is 19.3 Å². The average molecular weight is 519 g/mol. The minimum Gasteiger partial charge on any atom is -0.494 e. The van der Waals surface area contributed by atoms with E-state index in [2.05, 4.69) is 43.3 Å². The minimum atomic E-state index is -0.808. The molecule has 0 amide bonds. The first-order chi connectivity index (χ1) is 18.1. The SMILES string of the molecule is CCSCCCOc1ccc2c(c1)CCCc1ccc(COc3ccc4c(c3)OCC4CC(=O)O)cc1-2. The quantitative estimate of drug-likeness (QED) is 0.279. The fraction of sp³-hybridized carbons (Fsp3) is 0.387. The van der Waals surface area contributed by atoms with Gasteiger partial charge in [-0.25, -0.2) is 0 Å². The Labute approximate surface area is 223 Å². The molecule has 1 aliphatic carbocycles. The van der Waals surface area contributed by atoms with E-state index in [1.165, 1.54) is 22.3 Å². The zero-order chi connectivity index (χ0) is 25.6. The normalized spacial score (nSPS) is 15.6. The highest BCUT2D eigenvalue weighted by molar-refractivity contribution is 7.99. The molecule has 0 saturated carbocycles. The summed E-state index contributed by atoms with van der Waals surface area (Å²) in [6, 6.07) is 18.9. The lowest BCUT2D eigenvalue weighted by molar-refractivity contribution is -0.137. The van der Waals surface area contributed by atoms with E-state index >= 15 is 0 Å². The Balaban J connectivity index is 1.27. The van der Waals surface area contributed by atoms with Crippen LogP contribution in [0.3, 0.4) is 0 Å². The first-order valence-electron chi connectivity index (χ1n) is 13.2. The lowest BCUT2D eigenvalue weighted by Crippen LogP contribution is -2.07. The number of rotatable bonds is 11. The fourth-order valence-corrected chi connectivity index (χ4v) is 5.78. The van der Waals surface area contributed by atoms with E-state index < -0.39 is 5.97 Å². The molecule has 0 aromatic heterocycles. The Morgan fingerprint density at radius 1 is 1.00 bits per heavy atom. The van der Waals surface area contributed by atoms with Crippen molar-refractivity contribution in [2.24, 2.45) is 0 Å². The lowest BCUT2D eigenvalue weighted by atomic mass is 9.95. The van der Waals surface area contributed by atoms with Crippen LogP contribution in [0.15, 0.2) is 54.6 Å². The molecule has 194 valence electrons. The molecule has 3 aromatic carbocycles. The van der Waals surface area contributed by atoms with Gasteiger partial charge >= 0.3 is 5.97 Å². The third kappa shape index (κ3) is 6.24. The Morgan fingerprint density at radius 2 is 1.84 bits per heavy atom. The number of carbonyl (C=O) groups is 1. The van der Waals surface area contributed by atoms with Crippen molar-refractivity contribution in [3.05, 3.63) is 76.9 Å². The molecule has 2 aliphatic rings. The summed E-state index contributed by atoms with van der Waals surface area (Å²) in [5.41, 5.74) is 7.36. The van der Waals surface area contributed by atoms with Crippen molar-refractivity contribution in [2.45, 2.75) is 51.6 Å². The van der Waals surface area contributed by atoms with Gasteiger partial charge in [0.15, 0.2) is 0 Å². The van der Waals surface area contributed by atoms with Crippen molar-refractivity contribution in [2.75, 3.05) is 24.7 Å². The summed E-state index contributed by atoms with van der Waals surface area (Å²) in [6.07, 6.45) is 4.40. The average Bonchev–Trinajstić information content (AvgIpc) is 3.19. The Morgan fingerprint density at radius 3 is 2.70 bits per heavy atom. The zero-order valence-corrected chi connectivity index (χ0v) is 22.1. The maximum Gasteiger partial charge on any atom is 0.304 e. The molecule has 5 rings (SSSR count). The molecule has 0 bridgehead atoms. The largest absolute Gasteiger partial charge is 0.494 e. The van der Waals surface area contributed by atoms with Crippen molar-refractivity contribution in [1.82, 2.24) is 0 Å². The number of thioether (sulfide) groups is 1. The predicted molar refractivity (Wildman–Crippen MR) is 148 cm³/mol. The molecule has 0 fully saturated rings. The van der Waals surface area contributed by atoms with Gasteiger partial charge in [-0.3, -0.25) is 4.79 Å². The van der Waals surface area contributed by atoms with Gasteiger partial charge in [-0.15, -0.1) is 0 Å². The number of aliphatic carboxylic acids is 1. The van der Waals surface area contributed by atoms with Gasteiger partial charge in [0, 0.05) is 17.5 Å². The Bertz CT molecular complexity index is 1250. The monoisotopic (exact) mass is 518 g/mol. The van der Waals surface area contributed by atoms with Crippen LogP contribution in [-0.4, -0.2) is 35.8 Å². The fourth-order valence-electron chi connectivity index (χ4n) is 5.17. The molecule has 1 unspecified atom stereocenters. The molecule has 0 saturated heterocycles. The van der Waals surface area contributed by atoms with Gasteiger partial charge in [-0.2, -0.15) is 11.8 Å². The summed E-state index contributed by atoms with van der Waals surface area (Å²) < 4.78 is 17.9. The molecule has 3 aromatic rings. The first kappa shape index (κ1) is 25.5. The van der Waals surface area contributed by atoms with Crippen LogP contribution in [0, 0.1) is 0 Å². The van der Waals surface area contributed by atoms with Crippen molar-refractivity contribution in [3.8, 4) is 28.4 Å². The maximum absolute atomic E-state index is 11.1. The van der Waals surface area contributed by atoms with E-state index in [-0.39, 0.29) is 12.3 Å². The molecular formula is C31H34O5S. The summed E-state index contributed by atoms with van der Waals surface area (Å²) in [5.74, 6) is 3.80. The molecule has 1 N–H and O–H groups in total. The van der Waals surface area contributed by atoms with E-state index in [1.807, 2.05) is 30.0 Å². The highest BCUT2D eigenvalue weighted by Crippen LogP contribution is 2.39. The van der Waals surface area contributed by atoms with E-state index in [9.17, 15) is 4.79 Å². The molecule has 5 nitrogen and oxygen atoms in total. The van der Waals surface area contributed by atoms with Gasteiger partial charge in [0.05, 0.1) is 19.6 Å². The van der Waals surface area contributed by atoms with Crippen molar-refractivity contribution < 1.29 is 24.1 Å². The maximum atomic E-state index is 11.1. The van der Waals surface area contributed by atoms with Crippen LogP contribution in [0.25, 0.3) is 11.1 Å². The summed E-state index contributed by atoms with van der Waals surface area (Å²) in [7, 11) is 0. The molecule has 1 heterocycles. The summed E-state index contributed by atoms with van der Waals surface area (Å²) in [6.45, 7) is 3.81. The number of hydrogen-bond acceptors (Lipinski definition) is 5. The van der Waals surface area contributed by atoms with Crippen LogP contribution in [0.1, 0.15) is 54.4 Å². The number of ether oxygens (including phenoxy) is 3. The standard InChI is InChI=1S/C31H34O5S/c1-2-37-14-4-13-34-25-9-11-27-23(16-25)6-3-5-22-8-7-21(15-29(22)27)19-35-26-10-12-28-24(17-31(32)33)20-36-30(28)18-26/h7-12,15-16,18,24H,2-6,13-14,17,19-20H2,1H3,(H,32,33). The second-order valence-corrected chi connectivity index (χ2v) is 11.1. The van der Waals surface area contributed by atoms with Crippen molar-refractivity contribution >= 4 is 17.7 Å². The number of hydrogen-bond donors (Lipinski definition) is 1. The molecule has 37 heavy (non-hydrogen) atoms.